The molecule has 1 saturated heterocycles. The number of ether oxygens (including phenoxy) is 1. The van der Waals surface area contributed by atoms with Crippen LogP contribution in [0, 0.1) is 0 Å². The lowest BCUT2D eigenvalue weighted by atomic mass is 9.95. The molecular formula is C15H19NO4. The van der Waals surface area contributed by atoms with E-state index in [-0.39, 0.29) is 12.5 Å². The number of hydrogen-bond donors (Lipinski definition) is 1. The van der Waals surface area contributed by atoms with Gasteiger partial charge in [0.2, 0.25) is 0 Å². The molecule has 0 radical (unpaired) electrons. The third-order valence-electron chi connectivity index (χ3n) is 3.49. The molecule has 1 aliphatic rings. The Morgan fingerprint density at radius 3 is 2.40 bits per heavy atom. The average Bonchev–Trinajstić information content (AvgIpc) is 2.41. The summed E-state index contributed by atoms with van der Waals surface area (Å²) >= 11 is 0. The number of carbonyl (C=O) groups is 2. The predicted molar refractivity (Wildman–Crippen MR) is 73.7 cm³/mol. The second-order valence-electron chi connectivity index (χ2n) is 5.34. The SMILES string of the molecule is CCc1ccc(C(=O)N2CC(C)(OCC(=O)O)C2)cc1. The Kier molecular flexibility index (Phi) is 4.09. The Hall–Kier alpha value is -1.88. The Balaban J connectivity index is 1.91. The third kappa shape index (κ3) is 3.17. The molecule has 1 heterocycles. The highest BCUT2D eigenvalue weighted by atomic mass is 16.5. The maximum absolute atomic E-state index is 12.2. The molecule has 1 aromatic carbocycles. The number of aryl methyl sites for hydroxylation is 1. The lowest BCUT2D eigenvalue weighted by Crippen LogP contribution is -2.63. The first-order valence-corrected chi connectivity index (χ1v) is 6.67. The molecule has 1 fully saturated rings. The standard InChI is InChI=1S/C15H19NO4/c1-3-11-4-6-12(7-5-11)14(19)16-9-15(2,10-16)20-8-13(17)18/h4-7H,3,8-10H2,1-2H3,(H,17,18). The zero-order chi connectivity index (χ0) is 14.8. The van der Waals surface area contributed by atoms with Crippen LogP contribution in [-0.2, 0) is 16.0 Å². The minimum Gasteiger partial charge on any atom is -0.480 e. The molecule has 0 aliphatic carbocycles. The van der Waals surface area contributed by atoms with Gasteiger partial charge in [-0.2, -0.15) is 0 Å². The van der Waals surface area contributed by atoms with Crippen LogP contribution in [0.1, 0.15) is 29.8 Å². The van der Waals surface area contributed by atoms with Crippen LogP contribution in [0.5, 0.6) is 0 Å². The lowest BCUT2D eigenvalue weighted by Gasteiger charge is -2.47. The van der Waals surface area contributed by atoms with Gasteiger partial charge in [-0.1, -0.05) is 19.1 Å². The van der Waals surface area contributed by atoms with Gasteiger partial charge < -0.3 is 14.7 Å². The molecule has 2 rings (SSSR count). The first kappa shape index (κ1) is 14.5. The molecule has 5 heteroatoms. The molecule has 0 spiro atoms. The second-order valence-corrected chi connectivity index (χ2v) is 5.34. The van der Waals surface area contributed by atoms with E-state index in [1.54, 1.807) is 4.90 Å². The number of carbonyl (C=O) groups excluding carboxylic acids is 1. The molecule has 1 amide bonds. The highest BCUT2D eigenvalue weighted by molar-refractivity contribution is 5.95. The van der Waals surface area contributed by atoms with Crippen molar-refractivity contribution in [3.63, 3.8) is 0 Å². The molecule has 1 N–H and O–H groups in total. The summed E-state index contributed by atoms with van der Waals surface area (Å²) in [5.41, 5.74) is 1.31. The van der Waals surface area contributed by atoms with Gasteiger partial charge in [0.25, 0.3) is 5.91 Å². The minimum absolute atomic E-state index is 0.0379. The van der Waals surface area contributed by atoms with Gasteiger partial charge in [0.1, 0.15) is 12.2 Å². The number of hydrogen-bond acceptors (Lipinski definition) is 3. The summed E-state index contributed by atoms with van der Waals surface area (Å²) in [6.45, 7) is 4.41. The molecule has 0 atom stereocenters. The Morgan fingerprint density at radius 1 is 1.30 bits per heavy atom. The Morgan fingerprint density at radius 2 is 1.90 bits per heavy atom. The minimum atomic E-state index is -0.994. The fourth-order valence-corrected chi connectivity index (χ4v) is 2.30. The summed E-state index contributed by atoms with van der Waals surface area (Å²) in [5.74, 6) is -1.03. The van der Waals surface area contributed by atoms with Gasteiger partial charge in [0.15, 0.2) is 0 Å². The van der Waals surface area contributed by atoms with E-state index in [1.807, 2.05) is 31.2 Å². The van der Waals surface area contributed by atoms with E-state index in [2.05, 4.69) is 6.92 Å². The predicted octanol–water partition coefficient (Wildman–Crippen LogP) is 1.56. The molecular weight excluding hydrogens is 258 g/mol. The van der Waals surface area contributed by atoms with Crippen molar-refractivity contribution in [3.8, 4) is 0 Å². The number of aliphatic carboxylic acids is 1. The molecule has 5 nitrogen and oxygen atoms in total. The second kappa shape index (κ2) is 5.63. The van der Waals surface area contributed by atoms with Crippen LogP contribution in [0.25, 0.3) is 0 Å². The van der Waals surface area contributed by atoms with Crippen molar-refractivity contribution in [2.75, 3.05) is 19.7 Å². The Bertz CT molecular complexity index is 503. The summed E-state index contributed by atoms with van der Waals surface area (Å²) in [5, 5.41) is 8.59. The first-order chi connectivity index (χ1) is 9.43. The zero-order valence-electron chi connectivity index (χ0n) is 11.8. The molecule has 0 unspecified atom stereocenters. The van der Waals surface area contributed by atoms with Crippen molar-refractivity contribution >= 4 is 11.9 Å². The van der Waals surface area contributed by atoms with E-state index < -0.39 is 11.6 Å². The van der Waals surface area contributed by atoms with Crippen molar-refractivity contribution in [1.29, 1.82) is 0 Å². The highest BCUT2D eigenvalue weighted by Gasteiger charge is 2.42. The third-order valence-corrected chi connectivity index (χ3v) is 3.49. The fraction of sp³-hybridized carbons (Fsp3) is 0.467. The largest absolute Gasteiger partial charge is 0.480 e. The van der Waals surface area contributed by atoms with Crippen molar-refractivity contribution in [2.24, 2.45) is 0 Å². The van der Waals surface area contributed by atoms with E-state index in [0.717, 1.165) is 6.42 Å². The number of amides is 1. The summed E-state index contributed by atoms with van der Waals surface area (Å²) in [4.78, 5) is 24.4. The summed E-state index contributed by atoms with van der Waals surface area (Å²) < 4.78 is 5.29. The van der Waals surface area contributed by atoms with Crippen LogP contribution in [0.15, 0.2) is 24.3 Å². The van der Waals surface area contributed by atoms with E-state index in [4.69, 9.17) is 9.84 Å². The average molecular weight is 277 g/mol. The maximum Gasteiger partial charge on any atom is 0.329 e. The van der Waals surface area contributed by atoms with Gasteiger partial charge in [-0.15, -0.1) is 0 Å². The van der Waals surface area contributed by atoms with Crippen molar-refractivity contribution < 1.29 is 19.4 Å². The van der Waals surface area contributed by atoms with Crippen LogP contribution in [0.4, 0.5) is 0 Å². The number of likely N-dealkylation sites (tertiary alicyclic amines) is 1. The van der Waals surface area contributed by atoms with Crippen LogP contribution in [0.2, 0.25) is 0 Å². The Labute approximate surface area is 118 Å². The molecule has 0 bridgehead atoms. The summed E-state index contributed by atoms with van der Waals surface area (Å²) in [6.07, 6.45) is 0.944. The summed E-state index contributed by atoms with van der Waals surface area (Å²) in [7, 11) is 0. The van der Waals surface area contributed by atoms with Crippen LogP contribution >= 0.6 is 0 Å². The number of rotatable bonds is 5. The molecule has 108 valence electrons. The number of carboxylic acid groups (broad SMARTS) is 1. The molecule has 20 heavy (non-hydrogen) atoms. The smallest absolute Gasteiger partial charge is 0.329 e. The van der Waals surface area contributed by atoms with Crippen molar-refractivity contribution in [1.82, 2.24) is 4.90 Å². The van der Waals surface area contributed by atoms with Crippen LogP contribution in [-0.4, -0.2) is 47.2 Å². The van der Waals surface area contributed by atoms with Gasteiger partial charge in [-0.25, -0.2) is 4.79 Å². The number of carboxylic acids is 1. The molecule has 1 aliphatic heterocycles. The van der Waals surface area contributed by atoms with Gasteiger partial charge in [-0.3, -0.25) is 4.79 Å². The topological polar surface area (TPSA) is 66.8 Å². The van der Waals surface area contributed by atoms with Gasteiger partial charge in [0, 0.05) is 5.56 Å². The van der Waals surface area contributed by atoms with E-state index in [1.165, 1.54) is 5.56 Å². The normalized spacial score (nSPS) is 16.6. The molecule has 1 aromatic rings. The summed E-state index contributed by atoms with van der Waals surface area (Å²) in [6, 6.07) is 7.56. The van der Waals surface area contributed by atoms with E-state index >= 15 is 0 Å². The van der Waals surface area contributed by atoms with Gasteiger partial charge in [-0.05, 0) is 31.0 Å². The van der Waals surface area contributed by atoms with Crippen LogP contribution in [0.3, 0.4) is 0 Å². The van der Waals surface area contributed by atoms with Gasteiger partial charge >= 0.3 is 5.97 Å². The van der Waals surface area contributed by atoms with E-state index in [9.17, 15) is 9.59 Å². The maximum atomic E-state index is 12.2. The molecule has 0 aromatic heterocycles. The van der Waals surface area contributed by atoms with Crippen LogP contribution < -0.4 is 0 Å². The molecule has 0 saturated carbocycles. The van der Waals surface area contributed by atoms with Crippen molar-refractivity contribution in [2.45, 2.75) is 25.9 Å². The quantitative estimate of drug-likeness (QED) is 0.887. The monoisotopic (exact) mass is 277 g/mol. The first-order valence-electron chi connectivity index (χ1n) is 6.67. The highest BCUT2D eigenvalue weighted by Crippen LogP contribution is 2.26. The fourth-order valence-electron chi connectivity index (χ4n) is 2.30. The number of benzene rings is 1. The lowest BCUT2D eigenvalue weighted by molar-refractivity contribution is -0.159. The van der Waals surface area contributed by atoms with E-state index in [0.29, 0.717) is 18.7 Å². The van der Waals surface area contributed by atoms with Gasteiger partial charge in [0.05, 0.1) is 13.1 Å². The van der Waals surface area contributed by atoms with Crippen molar-refractivity contribution in [3.05, 3.63) is 35.4 Å². The zero-order valence-corrected chi connectivity index (χ0v) is 11.8. The number of nitrogens with zero attached hydrogens (tertiary/aromatic N) is 1.